The lowest BCUT2D eigenvalue weighted by atomic mass is 10.2. The van der Waals surface area contributed by atoms with Crippen LogP contribution in [0.1, 0.15) is 10.4 Å². The number of carbonyl (C=O) groups excluding carboxylic acids is 1. The predicted molar refractivity (Wildman–Crippen MR) is 55.0 cm³/mol. The molecule has 0 amide bonds. The van der Waals surface area contributed by atoms with Gasteiger partial charge in [-0.1, -0.05) is 6.07 Å². The van der Waals surface area contributed by atoms with Crippen LogP contribution in [0.5, 0.6) is 0 Å². The molecule has 4 heteroatoms. The summed E-state index contributed by atoms with van der Waals surface area (Å²) in [6.45, 7) is 0. The zero-order valence-corrected chi connectivity index (χ0v) is 8.14. The summed E-state index contributed by atoms with van der Waals surface area (Å²) in [5.74, 6) is -0.501. The Hall–Kier alpha value is -2.10. The van der Waals surface area contributed by atoms with Crippen LogP contribution in [0.2, 0.25) is 0 Å². The summed E-state index contributed by atoms with van der Waals surface area (Å²) in [4.78, 5) is 22.8. The molecule has 0 spiro atoms. The van der Waals surface area contributed by atoms with Gasteiger partial charge in [-0.2, -0.15) is 0 Å². The van der Waals surface area contributed by atoms with Crippen LogP contribution in [0.3, 0.4) is 0 Å². The lowest BCUT2D eigenvalue weighted by Gasteiger charge is -2.02. The quantitative estimate of drug-likeness (QED) is 0.652. The second-order valence-corrected chi connectivity index (χ2v) is 3.07. The number of pyridine rings is 2. The van der Waals surface area contributed by atoms with Gasteiger partial charge in [0.1, 0.15) is 0 Å². The molecule has 0 bridgehead atoms. The summed E-state index contributed by atoms with van der Waals surface area (Å²) in [6, 6.07) is 8.20. The Morgan fingerprint density at radius 2 is 2.13 bits per heavy atom. The molecule has 0 aliphatic heterocycles. The van der Waals surface area contributed by atoms with Crippen LogP contribution in [0.4, 0.5) is 0 Å². The molecule has 0 radical (unpaired) electrons. The average Bonchev–Trinajstić information content (AvgIpc) is 2.28. The largest absolute Gasteiger partial charge is 0.465 e. The molecule has 2 heterocycles. The van der Waals surface area contributed by atoms with Gasteiger partial charge in [-0.15, -0.1) is 0 Å². The highest BCUT2D eigenvalue weighted by Crippen LogP contribution is 2.04. The number of carbonyl (C=O) groups is 1. The van der Waals surface area contributed by atoms with E-state index in [0.717, 1.165) is 0 Å². The Balaban J connectivity index is 2.73. The van der Waals surface area contributed by atoms with Crippen LogP contribution in [0, 0.1) is 0 Å². The second-order valence-electron chi connectivity index (χ2n) is 3.07. The Labute approximate surface area is 85.7 Å². The molecule has 15 heavy (non-hydrogen) atoms. The van der Waals surface area contributed by atoms with Crippen LogP contribution in [-0.4, -0.2) is 17.5 Å². The molecule has 0 aromatic carbocycles. The summed E-state index contributed by atoms with van der Waals surface area (Å²) in [6.07, 6.45) is 1.65. The van der Waals surface area contributed by atoms with E-state index >= 15 is 0 Å². The van der Waals surface area contributed by atoms with E-state index in [4.69, 9.17) is 0 Å². The highest BCUT2D eigenvalue weighted by molar-refractivity contribution is 5.90. The van der Waals surface area contributed by atoms with Crippen molar-refractivity contribution in [2.45, 2.75) is 0 Å². The normalized spacial score (nSPS) is 10.2. The fraction of sp³-hybridized carbons (Fsp3) is 0.0909. The number of hydrogen-bond donors (Lipinski definition) is 0. The standard InChI is InChI=1S/C11H9NO3/c1-15-11(14)8-6-9-4-2-3-5-12(9)10(13)7-8/h2-7H,1H3. The molecule has 0 atom stereocenters. The summed E-state index contributed by atoms with van der Waals surface area (Å²) in [5, 5.41) is 0. The van der Waals surface area contributed by atoms with Gasteiger partial charge in [0.05, 0.1) is 12.7 Å². The van der Waals surface area contributed by atoms with Crippen LogP contribution < -0.4 is 5.56 Å². The number of methoxy groups -OCH3 is 1. The van der Waals surface area contributed by atoms with Gasteiger partial charge in [-0.3, -0.25) is 9.20 Å². The Morgan fingerprint density at radius 1 is 1.33 bits per heavy atom. The van der Waals surface area contributed by atoms with Gasteiger partial charge >= 0.3 is 5.97 Å². The van der Waals surface area contributed by atoms with E-state index in [1.165, 1.54) is 17.6 Å². The van der Waals surface area contributed by atoms with Crippen molar-refractivity contribution < 1.29 is 9.53 Å². The lowest BCUT2D eigenvalue weighted by Crippen LogP contribution is -2.15. The van der Waals surface area contributed by atoms with Crippen molar-refractivity contribution in [2.75, 3.05) is 7.11 Å². The maximum absolute atomic E-state index is 11.6. The van der Waals surface area contributed by atoms with Crippen LogP contribution in [-0.2, 0) is 4.74 Å². The molecule has 2 rings (SSSR count). The minimum absolute atomic E-state index is 0.242. The van der Waals surface area contributed by atoms with E-state index in [9.17, 15) is 9.59 Å². The number of aromatic nitrogens is 1. The Bertz CT molecular complexity index is 571. The molecule has 4 nitrogen and oxygen atoms in total. The zero-order valence-electron chi connectivity index (χ0n) is 8.14. The van der Waals surface area contributed by atoms with Crippen LogP contribution in [0.15, 0.2) is 41.3 Å². The topological polar surface area (TPSA) is 47.8 Å². The highest BCUT2D eigenvalue weighted by atomic mass is 16.5. The Morgan fingerprint density at radius 3 is 2.87 bits per heavy atom. The van der Waals surface area contributed by atoms with Crippen molar-refractivity contribution in [1.82, 2.24) is 4.40 Å². The monoisotopic (exact) mass is 203 g/mol. The first-order chi connectivity index (χ1) is 7.22. The second kappa shape index (κ2) is 3.57. The molecule has 0 aliphatic carbocycles. The summed E-state index contributed by atoms with van der Waals surface area (Å²) >= 11 is 0. The number of fused-ring (bicyclic) bond motifs is 1. The predicted octanol–water partition coefficient (Wildman–Crippen LogP) is 1.09. The van der Waals surface area contributed by atoms with Crippen molar-refractivity contribution in [1.29, 1.82) is 0 Å². The smallest absolute Gasteiger partial charge is 0.338 e. The van der Waals surface area contributed by atoms with Crippen molar-refractivity contribution in [3.63, 3.8) is 0 Å². The number of hydrogen-bond acceptors (Lipinski definition) is 3. The third kappa shape index (κ3) is 1.61. The Kier molecular flexibility index (Phi) is 2.25. The maximum atomic E-state index is 11.6. The molecule has 0 unspecified atom stereocenters. The molecule has 0 aliphatic rings. The minimum Gasteiger partial charge on any atom is -0.465 e. The summed E-state index contributed by atoms with van der Waals surface area (Å²) < 4.78 is 6.02. The highest BCUT2D eigenvalue weighted by Gasteiger charge is 2.07. The molecular formula is C11H9NO3. The van der Waals surface area contributed by atoms with Crippen molar-refractivity contribution in [2.24, 2.45) is 0 Å². The molecule has 0 N–H and O–H groups in total. The molecule has 2 aromatic heterocycles. The van der Waals surface area contributed by atoms with Crippen molar-refractivity contribution in [3.05, 3.63) is 52.4 Å². The number of ether oxygens (including phenoxy) is 1. The van der Waals surface area contributed by atoms with Crippen molar-refractivity contribution >= 4 is 11.5 Å². The lowest BCUT2D eigenvalue weighted by molar-refractivity contribution is 0.0600. The maximum Gasteiger partial charge on any atom is 0.338 e. The summed E-state index contributed by atoms with van der Waals surface area (Å²) in [7, 11) is 1.29. The first kappa shape index (κ1) is 9.45. The molecular weight excluding hydrogens is 194 g/mol. The van der Waals surface area contributed by atoms with Gasteiger partial charge < -0.3 is 4.74 Å². The van der Waals surface area contributed by atoms with E-state index in [2.05, 4.69) is 4.74 Å². The van der Waals surface area contributed by atoms with Gasteiger partial charge in [-0.05, 0) is 18.2 Å². The molecule has 0 fully saturated rings. The van der Waals surface area contributed by atoms with Gasteiger partial charge in [0.15, 0.2) is 0 Å². The third-order valence-electron chi connectivity index (χ3n) is 2.13. The summed E-state index contributed by atoms with van der Waals surface area (Å²) in [5.41, 5.74) is 0.701. The van der Waals surface area contributed by atoms with Gasteiger partial charge in [0.25, 0.3) is 5.56 Å². The van der Waals surface area contributed by atoms with Gasteiger partial charge in [0, 0.05) is 17.8 Å². The van der Waals surface area contributed by atoms with Crippen molar-refractivity contribution in [3.8, 4) is 0 Å². The van der Waals surface area contributed by atoms with Gasteiger partial charge in [0.2, 0.25) is 0 Å². The van der Waals surface area contributed by atoms with E-state index in [1.807, 2.05) is 0 Å². The van der Waals surface area contributed by atoms with E-state index in [-0.39, 0.29) is 11.1 Å². The molecule has 0 saturated carbocycles. The number of nitrogens with zero attached hydrogens (tertiary/aromatic N) is 1. The van der Waals surface area contributed by atoms with Gasteiger partial charge in [-0.25, -0.2) is 4.79 Å². The van der Waals surface area contributed by atoms with Crippen LogP contribution >= 0.6 is 0 Å². The van der Waals surface area contributed by atoms with Crippen LogP contribution in [0.25, 0.3) is 5.52 Å². The fourth-order valence-corrected chi connectivity index (χ4v) is 1.41. The van der Waals surface area contributed by atoms with E-state index in [0.29, 0.717) is 5.52 Å². The average molecular weight is 203 g/mol. The molecule has 2 aromatic rings. The molecule has 76 valence electrons. The van der Waals surface area contributed by atoms with E-state index < -0.39 is 5.97 Å². The minimum atomic E-state index is -0.501. The zero-order chi connectivity index (χ0) is 10.8. The third-order valence-corrected chi connectivity index (χ3v) is 2.13. The number of rotatable bonds is 1. The van der Waals surface area contributed by atoms with E-state index in [1.54, 1.807) is 30.5 Å². The first-order valence-corrected chi connectivity index (χ1v) is 4.42. The first-order valence-electron chi connectivity index (χ1n) is 4.42. The SMILES string of the molecule is COC(=O)c1cc(=O)n2ccccc2c1. The number of esters is 1. The fourth-order valence-electron chi connectivity index (χ4n) is 1.41. The molecule has 0 saturated heterocycles.